The number of nitrogens with zero attached hydrogens (tertiary/aromatic N) is 1. The highest BCUT2D eigenvalue weighted by Gasteiger charge is 2.05. The van der Waals surface area contributed by atoms with E-state index >= 15 is 0 Å². The van der Waals surface area contributed by atoms with Crippen LogP contribution < -0.4 is 5.32 Å². The van der Waals surface area contributed by atoms with Gasteiger partial charge in [0.1, 0.15) is 5.76 Å². The summed E-state index contributed by atoms with van der Waals surface area (Å²) in [5.74, 6) is 0.864. The standard InChI is InChI=1S/C13H11ClN2O/c1-9-4-5-17-13(9)8-16-12-6-10(7-15)2-3-11(12)14/h2-6,16H,8H2,1H3. The number of benzene rings is 1. The molecule has 0 aliphatic heterocycles. The monoisotopic (exact) mass is 246 g/mol. The van der Waals surface area contributed by atoms with Crippen LogP contribution in [-0.4, -0.2) is 0 Å². The molecule has 4 heteroatoms. The molecule has 1 aromatic heterocycles. The molecule has 86 valence electrons. The van der Waals surface area contributed by atoms with Gasteiger partial charge in [0.2, 0.25) is 0 Å². The van der Waals surface area contributed by atoms with E-state index in [2.05, 4.69) is 11.4 Å². The number of nitrogens with one attached hydrogen (secondary N) is 1. The van der Waals surface area contributed by atoms with Gasteiger partial charge in [-0.3, -0.25) is 0 Å². The minimum atomic E-state index is 0.549. The van der Waals surface area contributed by atoms with Gasteiger partial charge in [-0.25, -0.2) is 0 Å². The Balaban J connectivity index is 2.14. The minimum absolute atomic E-state index is 0.549. The number of furan rings is 1. The van der Waals surface area contributed by atoms with Crippen LogP contribution in [0.2, 0.25) is 5.02 Å². The predicted molar refractivity (Wildman–Crippen MR) is 66.9 cm³/mol. The summed E-state index contributed by atoms with van der Waals surface area (Å²) >= 11 is 6.03. The number of halogens is 1. The molecule has 1 heterocycles. The molecule has 0 amide bonds. The Kier molecular flexibility index (Phi) is 3.36. The first kappa shape index (κ1) is 11.6. The molecule has 0 bridgehead atoms. The average Bonchev–Trinajstić information content (AvgIpc) is 2.74. The van der Waals surface area contributed by atoms with Crippen LogP contribution in [0.5, 0.6) is 0 Å². The van der Waals surface area contributed by atoms with Crippen molar-refractivity contribution in [2.24, 2.45) is 0 Å². The highest BCUT2D eigenvalue weighted by Crippen LogP contribution is 2.23. The molecule has 0 spiro atoms. The van der Waals surface area contributed by atoms with E-state index in [9.17, 15) is 0 Å². The third kappa shape index (κ3) is 2.61. The van der Waals surface area contributed by atoms with Gasteiger partial charge in [-0.1, -0.05) is 11.6 Å². The van der Waals surface area contributed by atoms with E-state index in [-0.39, 0.29) is 0 Å². The summed E-state index contributed by atoms with van der Waals surface area (Å²) in [5, 5.41) is 12.6. The Morgan fingerprint density at radius 2 is 2.24 bits per heavy atom. The third-order valence-electron chi connectivity index (χ3n) is 2.50. The maximum atomic E-state index is 8.81. The predicted octanol–water partition coefficient (Wildman–Crippen LogP) is 3.73. The first-order chi connectivity index (χ1) is 8.20. The molecule has 2 aromatic rings. The number of hydrogen-bond donors (Lipinski definition) is 1. The van der Waals surface area contributed by atoms with Crippen molar-refractivity contribution in [1.29, 1.82) is 5.26 Å². The van der Waals surface area contributed by atoms with Crippen LogP contribution >= 0.6 is 11.6 Å². The van der Waals surface area contributed by atoms with Crippen LogP contribution in [-0.2, 0) is 6.54 Å². The number of nitriles is 1. The zero-order valence-electron chi connectivity index (χ0n) is 9.33. The van der Waals surface area contributed by atoms with Crippen molar-refractivity contribution in [3.63, 3.8) is 0 Å². The summed E-state index contributed by atoms with van der Waals surface area (Å²) in [4.78, 5) is 0. The number of aryl methyl sites for hydroxylation is 1. The second kappa shape index (κ2) is 4.94. The largest absolute Gasteiger partial charge is 0.467 e. The van der Waals surface area contributed by atoms with Gasteiger partial charge in [-0.2, -0.15) is 5.26 Å². The molecule has 0 saturated carbocycles. The summed E-state index contributed by atoms with van der Waals surface area (Å²) in [6.07, 6.45) is 1.65. The topological polar surface area (TPSA) is 49.0 Å². The summed E-state index contributed by atoms with van der Waals surface area (Å²) in [7, 11) is 0. The molecule has 0 aliphatic carbocycles. The van der Waals surface area contributed by atoms with Gasteiger partial charge in [0.05, 0.1) is 35.2 Å². The van der Waals surface area contributed by atoms with E-state index in [1.54, 1.807) is 24.5 Å². The van der Waals surface area contributed by atoms with Crippen molar-refractivity contribution < 1.29 is 4.42 Å². The van der Waals surface area contributed by atoms with Gasteiger partial charge >= 0.3 is 0 Å². The Morgan fingerprint density at radius 1 is 1.41 bits per heavy atom. The number of rotatable bonds is 3. The Hall–Kier alpha value is -1.92. The first-order valence-corrected chi connectivity index (χ1v) is 5.55. The lowest BCUT2D eigenvalue weighted by molar-refractivity contribution is 0.515. The zero-order chi connectivity index (χ0) is 12.3. The quantitative estimate of drug-likeness (QED) is 0.898. The maximum absolute atomic E-state index is 8.81. The van der Waals surface area contributed by atoms with Gasteiger partial charge < -0.3 is 9.73 Å². The lowest BCUT2D eigenvalue weighted by Crippen LogP contribution is -2.00. The molecule has 0 unspecified atom stereocenters. The van der Waals surface area contributed by atoms with E-state index in [0.717, 1.165) is 17.0 Å². The normalized spacial score (nSPS) is 9.94. The Morgan fingerprint density at radius 3 is 2.88 bits per heavy atom. The molecule has 0 fully saturated rings. The summed E-state index contributed by atoms with van der Waals surface area (Å²) < 4.78 is 5.31. The minimum Gasteiger partial charge on any atom is -0.467 e. The molecule has 0 aliphatic rings. The second-order valence-electron chi connectivity index (χ2n) is 3.69. The van der Waals surface area contributed by atoms with E-state index in [4.69, 9.17) is 21.3 Å². The molecule has 0 radical (unpaired) electrons. The van der Waals surface area contributed by atoms with Gasteiger partial charge in [0.15, 0.2) is 0 Å². The van der Waals surface area contributed by atoms with E-state index < -0.39 is 0 Å². The van der Waals surface area contributed by atoms with Crippen molar-refractivity contribution in [3.8, 4) is 6.07 Å². The molecule has 17 heavy (non-hydrogen) atoms. The summed E-state index contributed by atoms with van der Waals surface area (Å²) in [6.45, 7) is 2.53. The van der Waals surface area contributed by atoms with Gasteiger partial charge in [0.25, 0.3) is 0 Å². The molecule has 1 N–H and O–H groups in total. The maximum Gasteiger partial charge on any atom is 0.125 e. The van der Waals surface area contributed by atoms with Crippen molar-refractivity contribution in [1.82, 2.24) is 0 Å². The SMILES string of the molecule is Cc1ccoc1CNc1cc(C#N)ccc1Cl. The van der Waals surface area contributed by atoms with Crippen LogP contribution in [0, 0.1) is 18.3 Å². The Bertz CT molecular complexity index is 569. The van der Waals surface area contributed by atoms with Crippen LogP contribution in [0.3, 0.4) is 0 Å². The smallest absolute Gasteiger partial charge is 0.125 e. The van der Waals surface area contributed by atoms with Crippen LogP contribution in [0.4, 0.5) is 5.69 Å². The molecule has 2 rings (SSSR count). The fourth-order valence-corrected chi connectivity index (χ4v) is 1.68. The van der Waals surface area contributed by atoms with E-state index in [1.807, 2.05) is 13.0 Å². The van der Waals surface area contributed by atoms with Crippen LogP contribution in [0.1, 0.15) is 16.9 Å². The molecule has 0 saturated heterocycles. The van der Waals surface area contributed by atoms with Gasteiger partial charge in [-0.15, -0.1) is 0 Å². The fraction of sp³-hybridized carbons (Fsp3) is 0.154. The third-order valence-corrected chi connectivity index (χ3v) is 2.83. The lowest BCUT2D eigenvalue weighted by Gasteiger charge is -2.07. The molecule has 0 atom stereocenters. The number of anilines is 1. The van der Waals surface area contributed by atoms with Crippen molar-refractivity contribution in [2.45, 2.75) is 13.5 Å². The average molecular weight is 247 g/mol. The highest BCUT2D eigenvalue weighted by atomic mass is 35.5. The molecular formula is C13H11ClN2O. The van der Waals surface area contributed by atoms with E-state index in [1.165, 1.54) is 0 Å². The van der Waals surface area contributed by atoms with Crippen LogP contribution in [0.25, 0.3) is 0 Å². The first-order valence-electron chi connectivity index (χ1n) is 5.17. The summed E-state index contributed by atoms with van der Waals surface area (Å²) in [6, 6.07) is 9.10. The van der Waals surface area contributed by atoms with Gasteiger partial charge in [0, 0.05) is 0 Å². The molecule has 3 nitrogen and oxygen atoms in total. The van der Waals surface area contributed by atoms with Crippen molar-refractivity contribution in [2.75, 3.05) is 5.32 Å². The lowest BCUT2D eigenvalue weighted by atomic mass is 10.2. The van der Waals surface area contributed by atoms with Crippen LogP contribution in [0.15, 0.2) is 34.9 Å². The zero-order valence-corrected chi connectivity index (χ0v) is 10.1. The molecule has 1 aromatic carbocycles. The molecular weight excluding hydrogens is 236 g/mol. The van der Waals surface area contributed by atoms with Crippen molar-refractivity contribution in [3.05, 3.63) is 52.4 Å². The Labute approximate surface area is 105 Å². The van der Waals surface area contributed by atoms with E-state index in [0.29, 0.717) is 17.1 Å². The fourth-order valence-electron chi connectivity index (χ4n) is 1.49. The highest BCUT2D eigenvalue weighted by molar-refractivity contribution is 6.33. The summed E-state index contributed by atoms with van der Waals surface area (Å²) in [5.41, 5.74) is 2.40. The number of hydrogen-bond acceptors (Lipinski definition) is 3. The van der Waals surface area contributed by atoms with Gasteiger partial charge in [-0.05, 0) is 36.8 Å². The van der Waals surface area contributed by atoms with Crippen molar-refractivity contribution >= 4 is 17.3 Å². The second-order valence-corrected chi connectivity index (χ2v) is 4.09.